The quantitative estimate of drug-likeness (QED) is 0.761. The first kappa shape index (κ1) is 14.9. The number of pyridine rings is 1. The van der Waals surface area contributed by atoms with Crippen molar-refractivity contribution in [1.82, 2.24) is 4.98 Å². The van der Waals surface area contributed by atoms with E-state index in [0.29, 0.717) is 30.9 Å². The van der Waals surface area contributed by atoms with Gasteiger partial charge in [-0.2, -0.15) is 0 Å². The number of nitrogens with one attached hydrogen (secondary N) is 1. The first-order chi connectivity index (χ1) is 10.2. The van der Waals surface area contributed by atoms with E-state index in [-0.39, 0.29) is 5.91 Å². The second-order valence-corrected chi connectivity index (χ2v) is 4.58. The summed E-state index contributed by atoms with van der Waals surface area (Å²) in [5.41, 5.74) is 5.12. The Morgan fingerprint density at radius 2 is 2.00 bits per heavy atom. The fourth-order valence-electron chi connectivity index (χ4n) is 2.11. The van der Waals surface area contributed by atoms with Gasteiger partial charge in [-0.1, -0.05) is 0 Å². The first-order valence-electron chi connectivity index (χ1n) is 6.68. The van der Waals surface area contributed by atoms with Crippen molar-refractivity contribution in [1.29, 1.82) is 0 Å². The Morgan fingerprint density at radius 3 is 2.67 bits per heavy atom. The Kier molecular flexibility index (Phi) is 4.81. The molecule has 1 aromatic carbocycles. The van der Waals surface area contributed by atoms with Gasteiger partial charge in [0.15, 0.2) is 11.5 Å². The van der Waals surface area contributed by atoms with Crippen molar-refractivity contribution in [3.05, 3.63) is 24.4 Å². The Morgan fingerprint density at radius 1 is 1.29 bits per heavy atom. The fraction of sp³-hybridized carbons (Fsp3) is 0.333. The minimum Gasteiger partial charge on any atom is -0.493 e. The van der Waals surface area contributed by atoms with Crippen LogP contribution in [0.25, 0.3) is 10.8 Å². The number of nitrogens with zero attached hydrogens (tertiary/aromatic N) is 1. The third-order valence-electron chi connectivity index (χ3n) is 3.16. The number of rotatable bonds is 7. The number of methoxy groups -OCH3 is 2. The van der Waals surface area contributed by atoms with Gasteiger partial charge in [-0.3, -0.25) is 4.79 Å². The highest BCUT2D eigenvalue weighted by molar-refractivity contribution is 5.94. The molecule has 2 aromatic rings. The number of carbonyl (C=O) groups is 1. The summed E-state index contributed by atoms with van der Waals surface area (Å²) >= 11 is 0. The van der Waals surface area contributed by atoms with E-state index in [4.69, 9.17) is 15.2 Å². The number of hydrogen-bond acceptors (Lipinski definition) is 5. The van der Waals surface area contributed by atoms with E-state index >= 15 is 0 Å². The van der Waals surface area contributed by atoms with Crippen molar-refractivity contribution in [2.75, 3.05) is 26.1 Å². The van der Waals surface area contributed by atoms with Crippen molar-refractivity contribution in [2.45, 2.75) is 12.8 Å². The molecule has 0 aliphatic rings. The molecule has 0 aliphatic carbocycles. The lowest BCUT2D eigenvalue weighted by Crippen LogP contribution is -2.13. The number of benzene rings is 1. The number of hydrogen-bond donors (Lipinski definition) is 2. The molecule has 0 spiro atoms. The van der Waals surface area contributed by atoms with Crippen LogP contribution >= 0.6 is 0 Å². The summed E-state index contributed by atoms with van der Waals surface area (Å²) in [5.74, 6) is 1.78. The van der Waals surface area contributed by atoms with Gasteiger partial charge in [-0.25, -0.2) is 4.98 Å². The molecule has 6 heteroatoms. The van der Waals surface area contributed by atoms with Crippen LogP contribution in [0.2, 0.25) is 0 Å². The van der Waals surface area contributed by atoms with Crippen molar-refractivity contribution in [3.63, 3.8) is 0 Å². The third-order valence-corrected chi connectivity index (χ3v) is 3.16. The van der Waals surface area contributed by atoms with E-state index in [9.17, 15) is 4.79 Å². The summed E-state index contributed by atoms with van der Waals surface area (Å²) in [6, 6.07) is 5.70. The van der Waals surface area contributed by atoms with Crippen LogP contribution in [0.5, 0.6) is 11.5 Å². The van der Waals surface area contributed by atoms with Crippen LogP contribution < -0.4 is 20.5 Å². The summed E-state index contributed by atoms with van der Waals surface area (Å²) in [6.07, 6.45) is 2.75. The van der Waals surface area contributed by atoms with Crippen LogP contribution in [0, 0.1) is 0 Å². The number of fused-ring (bicyclic) bond motifs is 1. The number of primary amides is 1. The molecule has 0 saturated carbocycles. The fourth-order valence-corrected chi connectivity index (χ4v) is 2.11. The number of aromatic nitrogens is 1. The van der Waals surface area contributed by atoms with Crippen LogP contribution in [-0.4, -0.2) is 31.7 Å². The summed E-state index contributed by atoms with van der Waals surface area (Å²) in [7, 11) is 3.20. The molecule has 0 aliphatic heterocycles. The second-order valence-electron chi connectivity index (χ2n) is 4.58. The Bertz CT molecular complexity index is 643. The van der Waals surface area contributed by atoms with E-state index in [0.717, 1.165) is 16.6 Å². The Labute approximate surface area is 123 Å². The van der Waals surface area contributed by atoms with Gasteiger partial charge in [0.25, 0.3) is 0 Å². The molecule has 0 unspecified atom stereocenters. The summed E-state index contributed by atoms with van der Waals surface area (Å²) in [5, 5.41) is 5.16. The smallest absolute Gasteiger partial charge is 0.217 e. The third kappa shape index (κ3) is 3.53. The van der Waals surface area contributed by atoms with Gasteiger partial charge in [-0.05, 0) is 30.0 Å². The Hall–Kier alpha value is -2.50. The summed E-state index contributed by atoms with van der Waals surface area (Å²) in [6.45, 7) is 0.628. The molecule has 0 radical (unpaired) electrons. The van der Waals surface area contributed by atoms with Gasteiger partial charge < -0.3 is 20.5 Å². The zero-order valence-electron chi connectivity index (χ0n) is 12.2. The number of amides is 1. The zero-order valence-corrected chi connectivity index (χ0v) is 12.2. The molecule has 1 amide bonds. The molecule has 3 N–H and O–H groups in total. The lowest BCUT2D eigenvalue weighted by molar-refractivity contribution is -0.118. The first-order valence-corrected chi connectivity index (χ1v) is 6.68. The number of anilines is 1. The van der Waals surface area contributed by atoms with Gasteiger partial charge in [-0.15, -0.1) is 0 Å². The molecule has 112 valence electrons. The van der Waals surface area contributed by atoms with Crippen LogP contribution in [0.1, 0.15) is 12.8 Å². The van der Waals surface area contributed by atoms with Gasteiger partial charge in [0.05, 0.1) is 14.2 Å². The van der Waals surface area contributed by atoms with Gasteiger partial charge >= 0.3 is 0 Å². The maximum absolute atomic E-state index is 10.7. The zero-order chi connectivity index (χ0) is 15.2. The average Bonchev–Trinajstić information content (AvgIpc) is 2.49. The predicted octanol–water partition coefficient (Wildman–Crippen LogP) is 1.93. The molecular formula is C15H19N3O3. The molecule has 2 rings (SSSR count). The molecule has 21 heavy (non-hydrogen) atoms. The number of carbonyl (C=O) groups excluding carboxylic acids is 1. The average molecular weight is 289 g/mol. The standard InChI is InChI=1S/C15H19N3O3/c1-20-12-8-10-5-7-18-15(11(10)9-13(12)21-2)17-6-3-4-14(16)19/h5,7-9H,3-4,6H2,1-2H3,(H2,16,19)(H,17,18). The van der Waals surface area contributed by atoms with Crippen molar-refractivity contribution in [3.8, 4) is 11.5 Å². The maximum atomic E-state index is 10.7. The molecule has 6 nitrogen and oxygen atoms in total. The van der Waals surface area contributed by atoms with Crippen molar-refractivity contribution >= 4 is 22.5 Å². The Balaban J connectivity index is 2.25. The highest BCUT2D eigenvalue weighted by atomic mass is 16.5. The number of nitrogens with two attached hydrogens (primary N) is 1. The van der Waals surface area contributed by atoms with E-state index in [1.807, 2.05) is 18.2 Å². The second kappa shape index (κ2) is 6.78. The van der Waals surface area contributed by atoms with Crippen LogP contribution in [0.3, 0.4) is 0 Å². The lowest BCUT2D eigenvalue weighted by atomic mass is 10.1. The van der Waals surface area contributed by atoms with Gasteiger partial charge in [0, 0.05) is 24.5 Å². The minimum atomic E-state index is -0.297. The van der Waals surface area contributed by atoms with Crippen molar-refractivity contribution < 1.29 is 14.3 Å². The molecule has 0 atom stereocenters. The minimum absolute atomic E-state index is 0.297. The SMILES string of the molecule is COc1cc2ccnc(NCCCC(N)=O)c2cc1OC. The maximum Gasteiger partial charge on any atom is 0.217 e. The molecular weight excluding hydrogens is 270 g/mol. The highest BCUT2D eigenvalue weighted by Gasteiger charge is 2.09. The molecule has 0 bridgehead atoms. The van der Waals surface area contributed by atoms with Crippen LogP contribution in [-0.2, 0) is 4.79 Å². The molecule has 1 aromatic heterocycles. The van der Waals surface area contributed by atoms with Crippen molar-refractivity contribution in [2.24, 2.45) is 5.73 Å². The lowest BCUT2D eigenvalue weighted by Gasteiger charge is -2.12. The summed E-state index contributed by atoms with van der Waals surface area (Å²) < 4.78 is 10.6. The summed E-state index contributed by atoms with van der Waals surface area (Å²) in [4.78, 5) is 15.1. The van der Waals surface area contributed by atoms with E-state index < -0.39 is 0 Å². The number of ether oxygens (including phenoxy) is 2. The van der Waals surface area contributed by atoms with E-state index in [2.05, 4.69) is 10.3 Å². The monoisotopic (exact) mass is 289 g/mol. The van der Waals surface area contributed by atoms with Gasteiger partial charge in [0.2, 0.25) is 5.91 Å². The largest absolute Gasteiger partial charge is 0.493 e. The molecule has 0 saturated heterocycles. The highest BCUT2D eigenvalue weighted by Crippen LogP contribution is 2.34. The molecule has 1 heterocycles. The normalized spacial score (nSPS) is 10.4. The topological polar surface area (TPSA) is 86.5 Å². The van der Waals surface area contributed by atoms with E-state index in [1.54, 1.807) is 20.4 Å². The predicted molar refractivity (Wildman–Crippen MR) is 81.8 cm³/mol. The van der Waals surface area contributed by atoms with Crippen LogP contribution in [0.15, 0.2) is 24.4 Å². The molecule has 0 fully saturated rings. The van der Waals surface area contributed by atoms with Crippen LogP contribution in [0.4, 0.5) is 5.82 Å². The van der Waals surface area contributed by atoms with E-state index in [1.165, 1.54) is 0 Å². The van der Waals surface area contributed by atoms with Gasteiger partial charge in [0.1, 0.15) is 5.82 Å².